The lowest BCUT2D eigenvalue weighted by Gasteiger charge is -2.06. The molecule has 1 N–H and O–H groups in total. The first-order chi connectivity index (χ1) is 14.8. The minimum absolute atomic E-state index is 0.0564. The topological polar surface area (TPSA) is 147 Å². The summed E-state index contributed by atoms with van der Waals surface area (Å²) >= 11 is 1.16. The molecule has 31 heavy (non-hydrogen) atoms. The molecule has 0 fully saturated rings. The molecule has 0 saturated heterocycles. The summed E-state index contributed by atoms with van der Waals surface area (Å²) in [5.74, 6) is -0.449. The van der Waals surface area contributed by atoms with Crippen LogP contribution in [0.25, 0.3) is 22.4 Å². The third-order valence-corrected chi connectivity index (χ3v) is 5.39. The molecule has 12 nitrogen and oxygen atoms in total. The van der Waals surface area contributed by atoms with Crippen LogP contribution in [0.3, 0.4) is 0 Å². The molecular formula is C18H15N7O5S. The summed E-state index contributed by atoms with van der Waals surface area (Å²) in [6.07, 6.45) is 1.32. The Balaban J connectivity index is 1.56. The maximum atomic E-state index is 12.5. The molecule has 158 valence electrons. The van der Waals surface area contributed by atoms with Gasteiger partial charge in [0.05, 0.1) is 16.9 Å². The van der Waals surface area contributed by atoms with Gasteiger partial charge in [0.25, 0.3) is 11.2 Å². The largest absolute Gasteiger partial charge is 0.332 e. The van der Waals surface area contributed by atoms with Crippen molar-refractivity contribution in [2.24, 2.45) is 14.1 Å². The Morgan fingerprint density at radius 3 is 2.77 bits per heavy atom. The van der Waals surface area contributed by atoms with Gasteiger partial charge in [-0.2, -0.15) is 0 Å². The molecule has 0 unspecified atom stereocenters. The second kappa shape index (κ2) is 7.60. The van der Waals surface area contributed by atoms with Gasteiger partial charge in [-0.1, -0.05) is 12.1 Å². The highest BCUT2D eigenvalue weighted by molar-refractivity contribution is 7.14. The van der Waals surface area contributed by atoms with Gasteiger partial charge in [-0.25, -0.2) is 14.8 Å². The van der Waals surface area contributed by atoms with E-state index in [-0.39, 0.29) is 23.4 Å². The van der Waals surface area contributed by atoms with Crippen molar-refractivity contribution >= 4 is 39.2 Å². The minimum atomic E-state index is -0.550. The summed E-state index contributed by atoms with van der Waals surface area (Å²) in [7, 11) is 2.85. The zero-order chi connectivity index (χ0) is 22.3. The van der Waals surface area contributed by atoms with E-state index in [1.807, 2.05) is 0 Å². The van der Waals surface area contributed by atoms with E-state index >= 15 is 0 Å². The van der Waals surface area contributed by atoms with Crippen molar-refractivity contribution in [3.63, 3.8) is 0 Å². The number of hydrogen-bond acceptors (Lipinski definition) is 8. The molecule has 4 rings (SSSR count). The average Bonchev–Trinajstić information content (AvgIpc) is 3.38. The number of fused-ring (bicyclic) bond motifs is 1. The Morgan fingerprint density at radius 1 is 1.26 bits per heavy atom. The SMILES string of the molecule is Cn1c(=O)c2c(ncn2CC(=O)Nc2nc(-c3cccc([N+](=O)[O-])c3)cs2)n(C)c1=O. The molecule has 1 amide bonds. The van der Waals surface area contributed by atoms with Crippen molar-refractivity contribution in [3.8, 4) is 11.3 Å². The first-order valence-corrected chi connectivity index (χ1v) is 9.75. The number of carbonyl (C=O) groups excluding carboxylic acids is 1. The molecule has 0 spiro atoms. The fourth-order valence-corrected chi connectivity index (χ4v) is 3.81. The number of anilines is 1. The fraction of sp³-hybridized carbons (Fsp3) is 0.167. The monoisotopic (exact) mass is 441 g/mol. The molecule has 0 aliphatic heterocycles. The molecule has 0 aliphatic carbocycles. The first-order valence-electron chi connectivity index (χ1n) is 8.87. The van der Waals surface area contributed by atoms with Gasteiger partial charge in [0.1, 0.15) is 6.54 Å². The summed E-state index contributed by atoms with van der Waals surface area (Å²) in [4.78, 5) is 55.8. The zero-order valence-corrected chi connectivity index (χ0v) is 17.1. The highest BCUT2D eigenvalue weighted by Crippen LogP contribution is 2.27. The first kappa shape index (κ1) is 20.2. The van der Waals surface area contributed by atoms with E-state index in [2.05, 4.69) is 15.3 Å². The number of carbonyl (C=O) groups is 1. The van der Waals surface area contributed by atoms with Crippen LogP contribution in [0.5, 0.6) is 0 Å². The van der Waals surface area contributed by atoms with Gasteiger partial charge in [-0.05, 0) is 0 Å². The molecule has 1 aromatic carbocycles. The van der Waals surface area contributed by atoms with Crippen LogP contribution in [0.4, 0.5) is 10.8 Å². The number of nitrogens with zero attached hydrogens (tertiary/aromatic N) is 6. The van der Waals surface area contributed by atoms with Crippen LogP contribution in [0.2, 0.25) is 0 Å². The third-order valence-electron chi connectivity index (χ3n) is 4.63. The zero-order valence-electron chi connectivity index (χ0n) is 16.3. The lowest BCUT2D eigenvalue weighted by atomic mass is 10.1. The van der Waals surface area contributed by atoms with E-state index in [1.54, 1.807) is 17.5 Å². The van der Waals surface area contributed by atoms with Crippen molar-refractivity contribution in [3.05, 3.63) is 66.9 Å². The Kier molecular flexibility index (Phi) is 4.94. The molecule has 3 heterocycles. The van der Waals surface area contributed by atoms with Gasteiger partial charge in [-0.15, -0.1) is 11.3 Å². The molecule has 0 bridgehead atoms. The molecule has 0 atom stereocenters. The van der Waals surface area contributed by atoms with E-state index in [9.17, 15) is 24.5 Å². The van der Waals surface area contributed by atoms with Crippen molar-refractivity contribution in [2.45, 2.75) is 6.54 Å². The molecule has 4 aromatic rings. The van der Waals surface area contributed by atoms with E-state index in [0.717, 1.165) is 15.9 Å². The third kappa shape index (κ3) is 3.61. The van der Waals surface area contributed by atoms with E-state index in [4.69, 9.17) is 0 Å². The number of benzene rings is 1. The quantitative estimate of drug-likeness (QED) is 0.360. The lowest BCUT2D eigenvalue weighted by Crippen LogP contribution is -2.37. The number of non-ortho nitro benzene ring substituents is 1. The van der Waals surface area contributed by atoms with Crippen molar-refractivity contribution in [1.82, 2.24) is 23.7 Å². The van der Waals surface area contributed by atoms with Crippen LogP contribution in [-0.4, -0.2) is 34.5 Å². The fourth-order valence-electron chi connectivity index (χ4n) is 3.07. The second-order valence-corrected chi connectivity index (χ2v) is 7.50. The predicted molar refractivity (Wildman–Crippen MR) is 113 cm³/mol. The van der Waals surface area contributed by atoms with Crippen molar-refractivity contribution in [2.75, 3.05) is 5.32 Å². The average molecular weight is 441 g/mol. The Hall–Kier alpha value is -4.13. The van der Waals surface area contributed by atoms with E-state index in [1.165, 1.54) is 41.7 Å². The molecule has 13 heteroatoms. The smallest absolute Gasteiger partial charge is 0.315 e. The number of aromatic nitrogens is 5. The van der Waals surface area contributed by atoms with Crippen LogP contribution in [0, 0.1) is 10.1 Å². The minimum Gasteiger partial charge on any atom is -0.315 e. The number of thiazole rings is 1. The lowest BCUT2D eigenvalue weighted by molar-refractivity contribution is -0.384. The number of imidazole rings is 1. The van der Waals surface area contributed by atoms with Gasteiger partial charge < -0.3 is 9.88 Å². The number of hydrogen-bond donors (Lipinski definition) is 1. The van der Waals surface area contributed by atoms with E-state index in [0.29, 0.717) is 16.4 Å². The van der Waals surface area contributed by atoms with Gasteiger partial charge in [0.2, 0.25) is 5.91 Å². The van der Waals surface area contributed by atoms with Crippen molar-refractivity contribution < 1.29 is 9.72 Å². The number of aryl methyl sites for hydroxylation is 1. The second-order valence-electron chi connectivity index (χ2n) is 6.64. The van der Waals surface area contributed by atoms with Crippen LogP contribution in [-0.2, 0) is 25.4 Å². The highest BCUT2D eigenvalue weighted by atomic mass is 32.1. The van der Waals surface area contributed by atoms with Gasteiger partial charge in [-0.3, -0.25) is 28.8 Å². The maximum Gasteiger partial charge on any atom is 0.332 e. The Labute approximate surface area is 177 Å². The van der Waals surface area contributed by atoms with Crippen LogP contribution in [0.1, 0.15) is 0 Å². The summed E-state index contributed by atoms with van der Waals surface area (Å²) in [6.45, 7) is -0.213. The molecule has 0 saturated carbocycles. The Bertz CT molecular complexity index is 1460. The predicted octanol–water partition coefficient (Wildman–Crippen LogP) is 1.10. The van der Waals surface area contributed by atoms with Gasteiger partial charge >= 0.3 is 5.69 Å². The number of amides is 1. The standard InChI is InChI=1S/C18H15N7O5S/c1-22-15-14(16(27)23(2)18(22)28)24(9-19-15)7-13(26)21-17-20-12(8-31-17)10-4-3-5-11(6-10)25(29)30/h3-6,8-9H,7H2,1-2H3,(H,20,21,26). The van der Waals surface area contributed by atoms with Crippen molar-refractivity contribution in [1.29, 1.82) is 0 Å². The normalized spacial score (nSPS) is 11.0. The summed E-state index contributed by atoms with van der Waals surface area (Å²) in [5.41, 5.74) is 0.240. The number of nitro benzene ring substituents is 1. The highest BCUT2D eigenvalue weighted by Gasteiger charge is 2.17. The summed E-state index contributed by atoms with van der Waals surface area (Å²) in [5, 5.41) is 15.6. The Morgan fingerprint density at radius 2 is 2.03 bits per heavy atom. The summed E-state index contributed by atoms with van der Waals surface area (Å²) < 4.78 is 3.55. The number of nitrogens with one attached hydrogen (secondary N) is 1. The summed E-state index contributed by atoms with van der Waals surface area (Å²) in [6, 6.07) is 6.03. The molecular weight excluding hydrogens is 426 g/mol. The molecule has 0 radical (unpaired) electrons. The number of nitro groups is 1. The molecule has 3 aromatic heterocycles. The van der Waals surface area contributed by atoms with Crippen LogP contribution in [0.15, 0.2) is 45.6 Å². The van der Waals surface area contributed by atoms with Gasteiger partial charge in [0.15, 0.2) is 16.3 Å². The maximum absolute atomic E-state index is 12.5. The van der Waals surface area contributed by atoms with Crippen LogP contribution >= 0.6 is 11.3 Å². The number of rotatable bonds is 5. The van der Waals surface area contributed by atoms with Crippen LogP contribution < -0.4 is 16.6 Å². The van der Waals surface area contributed by atoms with Gasteiger partial charge in [0, 0.05) is 37.2 Å². The molecule has 0 aliphatic rings. The van der Waals surface area contributed by atoms with E-state index < -0.39 is 22.1 Å².